The summed E-state index contributed by atoms with van der Waals surface area (Å²) in [6, 6.07) is 0. The number of carbonyl (C=O) groups is 1. The highest BCUT2D eigenvalue weighted by molar-refractivity contribution is 8.15. The third-order valence-corrected chi connectivity index (χ3v) is 3.61. The van der Waals surface area contributed by atoms with E-state index < -0.39 is 0 Å². The molecule has 0 radical (unpaired) electrons. The number of hydrogen-bond acceptors (Lipinski definition) is 6. The van der Waals surface area contributed by atoms with Gasteiger partial charge in [-0.2, -0.15) is 0 Å². The average molecular weight is 257 g/mol. The van der Waals surface area contributed by atoms with Crippen molar-refractivity contribution >= 4 is 41.4 Å². The monoisotopic (exact) mass is 257 g/mol. The molecule has 14 heavy (non-hydrogen) atoms. The van der Waals surface area contributed by atoms with Gasteiger partial charge in [0.15, 0.2) is 0 Å². The molecule has 84 valence electrons. The van der Waals surface area contributed by atoms with E-state index in [0.29, 0.717) is 11.8 Å². The first kappa shape index (κ1) is 14.3. The fourth-order valence-corrected chi connectivity index (χ4v) is 2.14. The predicted molar refractivity (Wildman–Crippen MR) is 64.6 cm³/mol. The molecule has 2 N–H and O–H groups in total. The molecule has 0 aliphatic rings. The van der Waals surface area contributed by atoms with Crippen molar-refractivity contribution in [3.63, 3.8) is 0 Å². The number of rotatable bonds is 8. The van der Waals surface area contributed by atoms with Crippen molar-refractivity contribution in [3.8, 4) is 0 Å². The standard InChI is InChI=1S/C7H15NO3S3/c1-2-12-3-8-7(10)11-5-14-6-13-4-9/h9H,2-6H2,1H3,(H,8,10). The van der Waals surface area contributed by atoms with Crippen LogP contribution in [0.4, 0.5) is 4.79 Å². The molecule has 0 unspecified atom stereocenters. The lowest BCUT2D eigenvalue weighted by Crippen LogP contribution is -2.23. The summed E-state index contributed by atoms with van der Waals surface area (Å²) < 4.78 is 4.84. The summed E-state index contributed by atoms with van der Waals surface area (Å²) in [4.78, 5) is 10.9. The van der Waals surface area contributed by atoms with E-state index in [9.17, 15) is 4.79 Å². The van der Waals surface area contributed by atoms with Crippen LogP contribution in [0.25, 0.3) is 0 Å². The summed E-state index contributed by atoms with van der Waals surface area (Å²) >= 11 is 4.47. The number of thioether (sulfide) groups is 3. The van der Waals surface area contributed by atoms with Gasteiger partial charge in [0.25, 0.3) is 0 Å². The lowest BCUT2D eigenvalue weighted by atomic mass is 11.0. The largest absolute Gasteiger partial charge is 0.438 e. The van der Waals surface area contributed by atoms with E-state index >= 15 is 0 Å². The second-order valence-corrected chi connectivity index (χ2v) is 5.55. The van der Waals surface area contributed by atoms with Gasteiger partial charge in [0, 0.05) is 5.08 Å². The summed E-state index contributed by atoms with van der Waals surface area (Å²) in [5.41, 5.74) is 0. The Hall–Kier alpha value is 0.280. The number of ether oxygens (including phenoxy) is 1. The van der Waals surface area contributed by atoms with Gasteiger partial charge in [-0.25, -0.2) is 4.79 Å². The Morgan fingerprint density at radius 2 is 2.21 bits per heavy atom. The maximum Gasteiger partial charge on any atom is 0.408 e. The van der Waals surface area contributed by atoms with E-state index in [1.807, 2.05) is 6.92 Å². The van der Waals surface area contributed by atoms with E-state index in [4.69, 9.17) is 9.84 Å². The molecule has 0 aliphatic carbocycles. The lowest BCUT2D eigenvalue weighted by molar-refractivity contribution is 0.168. The Bertz CT molecular complexity index is 148. The predicted octanol–water partition coefficient (Wildman–Crippen LogP) is 1.75. The maximum absolute atomic E-state index is 10.9. The zero-order chi connectivity index (χ0) is 10.6. The molecule has 4 nitrogen and oxygen atoms in total. The first-order valence-corrected chi connectivity index (χ1v) is 7.52. The molecule has 0 bridgehead atoms. The average Bonchev–Trinajstić information content (AvgIpc) is 2.18. The third-order valence-electron chi connectivity index (χ3n) is 1.05. The molecule has 1 amide bonds. The van der Waals surface area contributed by atoms with Crippen molar-refractivity contribution in [1.29, 1.82) is 0 Å². The third kappa shape index (κ3) is 10.4. The minimum Gasteiger partial charge on any atom is -0.438 e. The van der Waals surface area contributed by atoms with Crippen LogP contribution in [0.2, 0.25) is 0 Å². The van der Waals surface area contributed by atoms with Crippen molar-refractivity contribution in [2.45, 2.75) is 6.92 Å². The Morgan fingerprint density at radius 3 is 2.86 bits per heavy atom. The number of nitrogens with one attached hydrogen (secondary N) is 1. The molecule has 0 rings (SSSR count). The summed E-state index contributed by atoms with van der Waals surface area (Å²) in [5, 5.41) is 11.8. The molecule has 0 aromatic rings. The van der Waals surface area contributed by atoms with Gasteiger partial charge >= 0.3 is 6.09 Å². The van der Waals surface area contributed by atoms with Gasteiger partial charge in [0.1, 0.15) is 5.94 Å². The van der Waals surface area contributed by atoms with E-state index in [2.05, 4.69) is 5.32 Å². The van der Waals surface area contributed by atoms with Crippen LogP contribution in [-0.2, 0) is 4.74 Å². The van der Waals surface area contributed by atoms with Crippen LogP contribution < -0.4 is 5.32 Å². The Kier molecular flexibility index (Phi) is 11.6. The van der Waals surface area contributed by atoms with Gasteiger partial charge in [0.2, 0.25) is 0 Å². The topological polar surface area (TPSA) is 58.6 Å². The molecule has 0 aromatic carbocycles. The van der Waals surface area contributed by atoms with Crippen LogP contribution >= 0.6 is 35.3 Å². The molecule has 0 saturated heterocycles. The molecule has 0 spiro atoms. The molecule has 0 aromatic heterocycles. The molecular formula is C7H15NO3S3. The van der Waals surface area contributed by atoms with Gasteiger partial charge in [-0.05, 0) is 5.75 Å². The Labute approximate surface area is 96.9 Å². The molecule has 0 fully saturated rings. The highest BCUT2D eigenvalue weighted by Gasteiger charge is 1.99. The molecule has 7 heteroatoms. The Balaban J connectivity index is 3.10. The first-order chi connectivity index (χ1) is 6.81. The fourth-order valence-electron chi connectivity index (χ4n) is 0.488. The molecule has 0 heterocycles. The number of aliphatic hydroxyl groups excluding tert-OH is 1. The van der Waals surface area contributed by atoms with Crippen LogP contribution in [0.1, 0.15) is 6.92 Å². The van der Waals surface area contributed by atoms with Crippen molar-refractivity contribution in [2.75, 3.05) is 28.6 Å². The van der Waals surface area contributed by atoms with E-state index in [0.717, 1.165) is 10.8 Å². The van der Waals surface area contributed by atoms with E-state index in [1.54, 1.807) is 11.8 Å². The second-order valence-electron chi connectivity index (χ2n) is 2.02. The fraction of sp³-hybridized carbons (Fsp3) is 0.857. The van der Waals surface area contributed by atoms with Crippen LogP contribution in [0.5, 0.6) is 0 Å². The Morgan fingerprint density at radius 1 is 1.43 bits per heavy atom. The number of alkyl carbamates (subject to hydrolysis) is 1. The van der Waals surface area contributed by atoms with Gasteiger partial charge < -0.3 is 15.2 Å². The first-order valence-electron chi connectivity index (χ1n) is 4.06. The zero-order valence-corrected chi connectivity index (χ0v) is 10.5. The molecule has 0 saturated carbocycles. The molecule has 0 atom stereocenters. The van der Waals surface area contributed by atoms with Crippen molar-refractivity contribution in [1.82, 2.24) is 5.32 Å². The minimum absolute atomic E-state index is 0.104. The normalized spacial score (nSPS) is 9.86. The van der Waals surface area contributed by atoms with Gasteiger partial charge in [0.05, 0.1) is 11.8 Å². The van der Waals surface area contributed by atoms with Gasteiger partial charge in [-0.15, -0.1) is 35.3 Å². The van der Waals surface area contributed by atoms with Crippen LogP contribution in [0.15, 0.2) is 0 Å². The van der Waals surface area contributed by atoms with Crippen molar-refractivity contribution in [2.24, 2.45) is 0 Å². The van der Waals surface area contributed by atoms with Gasteiger partial charge in [-0.3, -0.25) is 0 Å². The molecule has 0 aliphatic heterocycles. The summed E-state index contributed by atoms with van der Waals surface area (Å²) in [6.07, 6.45) is -0.382. The van der Waals surface area contributed by atoms with E-state index in [-0.39, 0.29) is 12.0 Å². The number of carbonyl (C=O) groups excluding carboxylic acids is 1. The maximum atomic E-state index is 10.9. The lowest BCUT2D eigenvalue weighted by Gasteiger charge is -2.05. The van der Waals surface area contributed by atoms with Crippen molar-refractivity contribution in [3.05, 3.63) is 0 Å². The van der Waals surface area contributed by atoms with Gasteiger partial charge in [-0.1, -0.05) is 6.92 Å². The number of aliphatic hydroxyl groups is 1. The highest BCUT2D eigenvalue weighted by atomic mass is 32.2. The quantitative estimate of drug-likeness (QED) is 0.510. The smallest absolute Gasteiger partial charge is 0.408 e. The van der Waals surface area contributed by atoms with Crippen LogP contribution in [0, 0.1) is 0 Å². The van der Waals surface area contributed by atoms with Crippen LogP contribution in [0.3, 0.4) is 0 Å². The highest BCUT2D eigenvalue weighted by Crippen LogP contribution is 2.10. The minimum atomic E-state index is -0.382. The SMILES string of the molecule is CCSCNC(=O)OCSCSCO. The second kappa shape index (κ2) is 11.4. The summed E-state index contributed by atoms with van der Waals surface area (Å²) in [6.45, 7) is 2.03. The van der Waals surface area contributed by atoms with E-state index in [1.165, 1.54) is 23.5 Å². The molecular weight excluding hydrogens is 242 g/mol. The van der Waals surface area contributed by atoms with Crippen LogP contribution in [-0.4, -0.2) is 39.8 Å². The van der Waals surface area contributed by atoms with Crippen molar-refractivity contribution < 1.29 is 14.6 Å². The zero-order valence-electron chi connectivity index (χ0n) is 8.02. The number of amides is 1. The number of hydrogen-bond donors (Lipinski definition) is 2. The summed E-state index contributed by atoms with van der Waals surface area (Å²) in [7, 11) is 0. The summed E-state index contributed by atoms with van der Waals surface area (Å²) in [5.74, 6) is 2.00.